The third-order valence-corrected chi connectivity index (χ3v) is 6.33. The van der Waals surface area contributed by atoms with E-state index in [1.54, 1.807) is 0 Å². The van der Waals surface area contributed by atoms with Gasteiger partial charge in [-0.25, -0.2) is 0 Å². The minimum absolute atomic E-state index is 0.117. The van der Waals surface area contributed by atoms with Crippen molar-refractivity contribution in [1.82, 2.24) is 0 Å². The minimum atomic E-state index is -4.58. The minimum Gasteiger partial charge on any atom is -0.457 e. The Balaban J connectivity index is 1.56. The first-order valence-corrected chi connectivity index (χ1v) is 12.6. The van der Waals surface area contributed by atoms with Gasteiger partial charge in [0.1, 0.15) is 11.5 Å². The molecule has 0 heterocycles. The van der Waals surface area contributed by atoms with Crippen molar-refractivity contribution in [3.05, 3.63) is 95.6 Å². The maximum absolute atomic E-state index is 11.3. The van der Waals surface area contributed by atoms with Gasteiger partial charge in [0.25, 0.3) is 10.1 Å². The Kier molecular flexibility index (Phi) is 8.50. The maximum atomic E-state index is 11.3. The summed E-state index contributed by atoms with van der Waals surface area (Å²) in [6.45, 7) is 0. The molecule has 0 aliphatic heterocycles. The molecule has 0 fully saturated rings. The molecule has 3 aromatic carbocycles. The molecule has 0 spiro atoms. The average Bonchev–Trinajstić information content (AvgIpc) is 2.75. The lowest BCUT2D eigenvalue weighted by Gasteiger charge is -2.10. The van der Waals surface area contributed by atoms with Crippen LogP contribution in [0, 0.1) is 0 Å². The van der Waals surface area contributed by atoms with Gasteiger partial charge in [-0.2, -0.15) is 8.42 Å². The van der Waals surface area contributed by atoms with Gasteiger partial charge < -0.3 is 4.74 Å². The van der Waals surface area contributed by atoms with Crippen molar-refractivity contribution >= 4 is 18.4 Å². The molecule has 32 heavy (non-hydrogen) atoms. The Morgan fingerprint density at radius 1 is 0.844 bits per heavy atom. The molecule has 2 unspecified atom stereocenters. The van der Waals surface area contributed by atoms with E-state index in [-0.39, 0.29) is 6.42 Å². The summed E-state index contributed by atoms with van der Waals surface area (Å²) in [4.78, 5) is 8.76. The smallest absolute Gasteiger partial charge is 0.457 e. The fraction of sp³-hybridized carbons (Fsp3) is 0.217. The largest absolute Gasteiger partial charge is 0.696 e. The molecule has 3 aromatic rings. The van der Waals surface area contributed by atoms with Crippen LogP contribution in [0.5, 0.6) is 11.5 Å². The van der Waals surface area contributed by atoms with E-state index in [2.05, 4.69) is 16.7 Å². The highest BCUT2D eigenvalue weighted by Gasteiger charge is 2.33. The second-order valence-electron chi connectivity index (χ2n) is 7.24. The Hall–Kier alpha value is -2.61. The second kappa shape index (κ2) is 11.3. The van der Waals surface area contributed by atoms with Gasteiger partial charge in [-0.05, 0) is 66.6 Å². The zero-order chi connectivity index (χ0) is 23.0. The molecule has 2 atom stereocenters. The Bertz CT molecular complexity index is 1130. The van der Waals surface area contributed by atoms with E-state index < -0.39 is 23.8 Å². The normalized spacial score (nSPS) is 12.9. The van der Waals surface area contributed by atoms with Gasteiger partial charge >= 0.3 is 8.25 Å². The fourth-order valence-electron chi connectivity index (χ4n) is 3.24. The number of hydrogen-bond donors (Lipinski definition) is 2. The van der Waals surface area contributed by atoms with Gasteiger partial charge in [0.15, 0.2) is 0 Å². The molecule has 9 heteroatoms. The molecule has 0 amide bonds. The van der Waals surface area contributed by atoms with E-state index in [1.165, 1.54) is 11.1 Å². The van der Waals surface area contributed by atoms with E-state index in [0.717, 1.165) is 12.0 Å². The molecular formula is C23H24O7PS+. The Morgan fingerprint density at radius 2 is 1.50 bits per heavy atom. The molecule has 0 aliphatic rings. The van der Waals surface area contributed by atoms with Crippen molar-refractivity contribution in [1.29, 1.82) is 0 Å². The SMILES string of the molecule is O=[P+](O)OC(CCCc1cccc(Oc2ccc(Cc3ccccc3)cc2)c1)S(=O)(=O)O. The van der Waals surface area contributed by atoms with Crippen molar-refractivity contribution in [3.63, 3.8) is 0 Å². The zero-order valence-electron chi connectivity index (χ0n) is 17.2. The van der Waals surface area contributed by atoms with Gasteiger partial charge in [0.05, 0.1) is 0 Å². The highest BCUT2D eigenvalue weighted by Crippen LogP contribution is 2.26. The molecular weight excluding hydrogens is 451 g/mol. The summed E-state index contributed by atoms with van der Waals surface area (Å²) < 4.78 is 52.7. The van der Waals surface area contributed by atoms with Crippen molar-refractivity contribution in [3.8, 4) is 11.5 Å². The third kappa shape index (κ3) is 7.82. The Labute approximate surface area is 188 Å². The average molecular weight is 475 g/mol. The van der Waals surface area contributed by atoms with Gasteiger partial charge in [-0.1, -0.05) is 59.1 Å². The van der Waals surface area contributed by atoms with E-state index in [1.807, 2.05) is 66.7 Å². The number of hydrogen-bond acceptors (Lipinski definition) is 5. The van der Waals surface area contributed by atoms with Gasteiger partial charge in [0.2, 0.25) is 5.44 Å². The van der Waals surface area contributed by atoms with Crippen LogP contribution in [-0.2, 0) is 32.0 Å². The maximum Gasteiger partial charge on any atom is 0.696 e. The summed E-state index contributed by atoms with van der Waals surface area (Å²) in [5, 5.41) is 0. The summed E-state index contributed by atoms with van der Waals surface area (Å²) in [6, 6.07) is 25.4. The molecule has 0 bridgehead atoms. The monoisotopic (exact) mass is 475 g/mol. The fourth-order valence-corrected chi connectivity index (χ4v) is 4.66. The lowest BCUT2D eigenvalue weighted by Crippen LogP contribution is -2.21. The molecule has 0 aromatic heterocycles. The van der Waals surface area contributed by atoms with Crippen molar-refractivity contribution < 1.29 is 31.7 Å². The highest BCUT2D eigenvalue weighted by atomic mass is 32.2. The van der Waals surface area contributed by atoms with E-state index >= 15 is 0 Å². The van der Waals surface area contributed by atoms with E-state index in [0.29, 0.717) is 24.3 Å². The highest BCUT2D eigenvalue weighted by molar-refractivity contribution is 7.86. The molecule has 0 saturated heterocycles. The van der Waals surface area contributed by atoms with Crippen LogP contribution in [-0.4, -0.2) is 23.3 Å². The van der Waals surface area contributed by atoms with E-state index in [9.17, 15) is 13.0 Å². The van der Waals surface area contributed by atoms with Crippen molar-refractivity contribution in [2.45, 2.75) is 31.1 Å². The molecule has 7 nitrogen and oxygen atoms in total. The quantitative estimate of drug-likeness (QED) is 0.287. The molecule has 0 aliphatic carbocycles. The third-order valence-electron chi connectivity index (χ3n) is 4.75. The van der Waals surface area contributed by atoms with Crippen LogP contribution in [0.2, 0.25) is 0 Å². The topological polar surface area (TPSA) is 110 Å². The first-order valence-electron chi connectivity index (χ1n) is 9.98. The first kappa shape index (κ1) is 24.0. The predicted octanol–water partition coefficient (Wildman–Crippen LogP) is 5.27. The number of ether oxygens (including phenoxy) is 1. The predicted molar refractivity (Wildman–Crippen MR) is 121 cm³/mol. The van der Waals surface area contributed by atoms with Crippen LogP contribution in [0.3, 0.4) is 0 Å². The molecule has 0 saturated carbocycles. The molecule has 168 valence electrons. The van der Waals surface area contributed by atoms with Crippen LogP contribution in [0.15, 0.2) is 78.9 Å². The number of benzene rings is 3. The molecule has 2 N–H and O–H groups in total. The number of aryl methyl sites for hydroxylation is 1. The van der Waals surface area contributed by atoms with Crippen LogP contribution < -0.4 is 4.74 Å². The Morgan fingerprint density at radius 3 is 2.16 bits per heavy atom. The lowest BCUT2D eigenvalue weighted by atomic mass is 10.1. The van der Waals surface area contributed by atoms with Crippen LogP contribution >= 0.6 is 8.25 Å². The van der Waals surface area contributed by atoms with Gasteiger partial charge in [-0.15, -0.1) is 4.89 Å². The summed E-state index contributed by atoms with van der Waals surface area (Å²) in [6.07, 6.45) is 1.53. The van der Waals surface area contributed by atoms with Gasteiger partial charge in [0, 0.05) is 4.57 Å². The first-order chi connectivity index (χ1) is 15.3. The molecule has 0 radical (unpaired) electrons. The summed E-state index contributed by atoms with van der Waals surface area (Å²) in [5.74, 6) is 1.34. The molecule has 3 rings (SSSR count). The number of rotatable bonds is 11. The van der Waals surface area contributed by atoms with Crippen LogP contribution in [0.4, 0.5) is 0 Å². The standard InChI is InChI=1S/C23H23O7PS/c24-31(25)30-23(32(26,27)28)11-5-9-19-8-4-10-22(17-19)29-21-14-12-20(13-15-21)16-18-6-2-1-3-7-18/h1-4,6-8,10,12-15,17,23H,5,9,11,16H2,(H-,24,25,26,27,28)/p+1. The van der Waals surface area contributed by atoms with Crippen LogP contribution in [0.1, 0.15) is 29.5 Å². The van der Waals surface area contributed by atoms with E-state index in [4.69, 9.17) is 14.2 Å². The summed E-state index contributed by atoms with van der Waals surface area (Å²) in [7, 11) is -7.71. The summed E-state index contributed by atoms with van der Waals surface area (Å²) >= 11 is 0. The lowest BCUT2D eigenvalue weighted by molar-refractivity contribution is 0.225. The van der Waals surface area contributed by atoms with Crippen molar-refractivity contribution in [2.24, 2.45) is 0 Å². The van der Waals surface area contributed by atoms with Gasteiger partial charge in [-0.3, -0.25) is 4.55 Å². The van der Waals surface area contributed by atoms with Crippen LogP contribution in [0.25, 0.3) is 0 Å². The van der Waals surface area contributed by atoms with Crippen molar-refractivity contribution in [2.75, 3.05) is 0 Å². The summed E-state index contributed by atoms with van der Waals surface area (Å²) in [5.41, 5.74) is 1.58. The zero-order valence-corrected chi connectivity index (χ0v) is 18.9. The second-order valence-corrected chi connectivity index (χ2v) is 9.48.